The van der Waals surface area contributed by atoms with E-state index in [0.29, 0.717) is 11.5 Å². The van der Waals surface area contributed by atoms with Crippen molar-refractivity contribution in [2.75, 3.05) is 11.9 Å². The first-order valence-electron chi connectivity index (χ1n) is 3.99. The van der Waals surface area contributed by atoms with Gasteiger partial charge in [-0.05, 0) is 0 Å². The van der Waals surface area contributed by atoms with Crippen LogP contribution in [0.3, 0.4) is 0 Å². The van der Waals surface area contributed by atoms with Crippen LogP contribution in [0.25, 0.3) is 0 Å². The number of nitrogens with one attached hydrogen (secondary N) is 1. The van der Waals surface area contributed by atoms with E-state index in [1.807, 2.05) is 0 Å². The van der Waals surface area contributed by atoms with Crippen molar-refractivity contribution in [1.29, 1.82) is 0 Å². The Balaban J connectivity index is 2.78. The van der Waals surface area contributed by atoms with Gasteiger partial charge in [0.2, 0.25) is 6.41 Å². The van der Waals surface area contributed by atoms with Crippen molar-refractivity contribution in [3.05, 3.63) is 11.1 Å². The largest absolute Gasteiger partial charge is 0.382 e. The first kappa shape index (κ1) is 11.9. The predicted molar refractivity (Wildman–Crippen MR) is 58.8 cm³/mol. The lowest BCUT2D eigenvalue weighted by molar-refractivity contribution is -0.105. The van der Waals surface area contributed by atoms with Crippen LogP contribution in [0.5, 0.6) is 0 Å². The van der Waals surface area contributed by atoms with Crippen LogP contribution >= 0.6 is 11.3 Å². The number of nitrogens with zero attached hydrogens (tertiary/aromatic N) is 2. The molecule has 1 amide bonds. The Labute approximate surface area is 95.3 Å². The third-order valence-corrected chi connectivity index (χ3v) is 2.10. The molecule has 0 aliphatic rings. The van der Waals surface area contributed by atoms with E-state index in [1.165, 1.54) is 5.38 Å². The summed E-state index contributed by atoms with van der Waals surface area (Å²) in [6.07, 6.45) is 6.99. The van der Waals surface area contributed by atoms with Gasteiger partial charge in [0.1, 0.15) is 5.69 Å². The Bertz CT molecular complexity index is 447. The predicted octanol–water partition coefficient (Wildman–Crippen LogP) is 0.175. The molecule has 7 heteroatoms. The summed E-state index contributed by atoms with van der Waals surface area (Å²) in [6, 6.07) is 0. The van der Waals surface area contributed by atoms with Gasteiger partial charge in [0.25, 0.3) is 6.29 Å². The van der Waals surface area contributed by atoms with Crippen molar-refractivity contribution >= 4 is 34.9 Å². The molecule has 0 bridgehead atoms. The lowest BCUT2D eigenvalue weighted by Gasteiger charge is -1.93. The molecule has 1 aromatic rings. The number of carbonyl (C=O) groups excluding carboxylic acids is 2. The smallest absolute Gasteiger partial charge is 0.259 e. The fourth-order valence-corrected chi connectivity index (χ4v) is 1.41. The van der Waals surface area contributed by atoms with Gasteiger partial charge in [-0.1, -0.05) is 11.1 Å². The van der Waals surface area contributed by atoms with Crippen molar-refractivity contribution in [2.24, 2.45) is 5.16 Å². The minimum absolute atomic E-state index is 0.0469. The van der Waals surface area contributed by atoms with Crippen LogP contribution < -0.4 is 5.32 Å². The Hall–Kier alpha value is -2.20. The highest BCUT2D eigenvalue weighted by Gasteiger charge is 2.09. The van der Waals surface area contributed by atoms with Crippen molar-refractivity contribution in [3.8, 4) is 12.3 Å². The monoisotopic (exact) mass is 236 g/mol. The molecule has 1 aromatic heterocycles. The number of anilines is 1. The van der Waals surface area contributed by atoms with Gasteiger partial charge in [-0.15, -0.1) is 17.8 Å². The van der Waals surface area contributed by atoms with E-state index in [0.717, 1.165) is 11.3 Å². The third kappa shape index (κ3) is 3.18. The van der Waals surface area contributed by atoms with Crippen LogP contribution in [-0.4, -0.2) is 30.0 Å². The van der Waals surface area contributed by atoms with E-state index in [-0.39, 0.29) is 18.0 Å². The Kier molecular flexibility index (Phi) is 4.69. The van der Waals surface area contributed by atoms with Crippen LogP contribution in [0, 0.1) is 12.3 Å². The SMILES string of the molecule is C#CCO/N=C(/[C]=O)c1csc(NC=O)n1. The molecular weight excluding hydrogens is 230 g/mol. The number of terminal acetylenes is 1. The molecular formula is C9H6N3O3S. The number of thiazole rings is 1. The molecule has 0 spiro atoms. The minimum atomic E-state index is -0.106. The van der Waals surface area contributed by atoms with Crippen LogP contribution in [-0.2, 0) is 14.4 Å². The summed E-state index contributed by atoms with van der Waals surface area (Å²) in [4.78, 5) is 29.2. The van der Waals surface area contributed by atoms with Crippen molar-refractivity contribution < 1.29 is 14.4 Å². The van der Waals surface area contributed by atoms with Crippen LogP contribution in [0.4, 0.5) is 5.13 Å². The van der Waals surface area contributed by atoms with Gasteiger partial charge in [-0.3, -0.25) is 9.59 Å². The first-order chi connectivity index (χ1) is 7.81. The molecule has 0 saturated heterocycles. The average molecular weight is 236 g/mol. The zero-order valence-corrected chi connectivity index (χ0v) is 8.78. The molecule has 1 heterocycles. The maximum atomic E-state index is 10.6. The summed E-state index contributed by atoms with van der Waals surface area (Å²) in [7, 11) is 0. The summed E-state index contributed by atoms with van der Waals surface area (Å²) in [5, 5.41) is 7.69. The van der Waals surface area contributed by atoms with E-state index >= 15 is 0 Å². The maximum Gasteiger partial charge on any atom is 0.259 e. The second kappa shape index (κ2) is 6.31. The summed E-state index contributed by atoms with van der Waals surface area (Å²) in [6.45, 7) is -0.0469. The fraction of sp³-hybridized carbons (Fsp3) is 0.111. The molecule has 0 aromatic carbocycles. The van der Waals surface area contributed by atoms with E-state index < -0.39 is 0 Å². The molecule has 1 radical (unpaired) electrons. The van der Waals surface area contributed by atoms with Gasteiger partial charge < -0.3 is 10.2 Å². The quantitative estimate of drug-likeness (QED) is 0.251. The number of rotatable bonds is 6. The Morgan fingerprint density at radius 1 is 1.81 bits per heavy atom. The van der Waals surface area contributed by atoms with Gasteiger partial charge in [0.05, 0.1) is 0 Å². The van der Waals surface area contributed by atoms with Gasteiger partial charge in [0.15, 0.2) is 17.5 Å². The van der Waals surface area contributed by atoms with E-state index in [4.69, 9.17) is 6.42 Å². The van der Waals surface area contributed by atoms with Gasteiger partial charge in [0, 0.05) is 5.38 Å². The zero-order chi connectivity index (χ0) is 11.8. The lowest BCUT2D eigenvalue weighted by Crippen LogP contribution is -2.04. The molecule has 6 nitrogen and oxygen atoms in total. The first-order valence-corrected chi connectivity index (χ1v) is 4.87. The van der Waals surface area contributed by atoms with Crippen molar-refractivity contribution in [2.45, 2.75) is 0 Å². The second-order valence-electron chi connectivity index (χ2n) is 2.32. The molecule has 0 atom stereocenters. The summed E-state index contributed by atoms with van der Waals surface area (Å²) in [5.41, 5.74) is 0.159. The number of aromatic nitrogens is 1. The molecule has 0 fully saturated rings. The maximum absolute atomic E-state index is 10.6. The lowest BCUT2D eigenvalue weighted by atomic mass is 10.3. The third-order valence-electron chi connectivity index (χ3n) is 1.33. The molecule has 1 rings (SSSR count). The van der Waals surface area contributed by atoms with E-state index in [2.05, 4.69) is 26.2 Å². The van der Waals surface area contributed by atoms with Crippen molar-refractivity contribution in [1.82, 2.24) is 4.98 Å². The number of amides is 1. The highest BCUT2D eigenvalue weighted by Crippen LogP contribution is 2.14. The summed E-state index contributed by atoms with van der Waals surface area (Å²) in [5.74, 6) is 2.19. The fourth-order valence-electron chi connectivity index (χ4n) is 0.751. The normalized spacial score (nSPS) is 10.3. The molecule has 0 aliphatic heterocycles. The molecule has 0 saturated carbocycles. The molecule has 16 heavy (non-hydrogen) atoms. The van der Waals surface area contributed by atoms with Crippen molar-refractivity contribution in [3.63, 3.8) is 0 Å². The number of hydrogen-bond donors (Lipinski definition) is 1. The number of oxime groups is 1. The standard InChI is InChI=1S/C9H6N3O3S/c1-2-3-15-12-7(4-13)8-5-16-9(11-8)10-6-14/h1,5-6H,3H2,(H,10,11,14)/b12-7-. The van der Waals surface area contributed by atoms with Crippen LogP contribution in [0.1, 0.15) is 5.69 Å². The van der Waals surface area contributed by atoms with Gasteiger partial charge in [-0.25, -0.2) is 4.98 Å². The molecule has 0 unspecified atom stereocenters. The van der Waals surface area contributed by atoms with E-state index in [9.17, 15) is 9.59 Å². The Morgan fingerprint density at radius 3 is 3.25 bits per heavy atom. The summed E-state index contributed by atoms with van der Waals surface area (Å²) >= 11 is 1.15. The van der Waals surface area contributed by atoms with E-state index in [1.54, 1.807) is 6.29 Å². The second-order valence-corrected chi connectivity index (χ2v) is 3.18. The number of carbonyl (C=O) groups is 1. The van der Waals surface area contributed by atoms with Crippen LogP contribution in [0.2, 0.25) is 0 Å². The minimum Gasteiger partial charge on any atom is -0.382 e. The van der Waals surface area contributed by atoms with Gasteiger partial charge in [-0.2, -0.15) is 0 Å². The average Bonchev–Trinajstić information content (AvgIpc) is 2.74. The molecule has 0 aliphatic carbocycles. The topological polar surface area (TPSA) is 80.6 Å². The Morgan fingerprint density at radius 2 is 2.62 bits per heavy atom. The number of hydrogen-bond acceptors (Lipinski definition) is 6. The zero-order valence-electron chi connectivity index (χ0n) is 7.97. The van der Waals surface area contributed by atoms with Gasteiger partial charge >= 0.3 is 0 Å². The molecule has 81 valence electrons. The highest BCUT2D eigenvalue weighted by molar-refractivity contribution is 7.14. The summed E-state index contributed by atoms with van der Waals surface area (Å²) < 4.78 is 0. The molecule has 1 N–H and O–H groups in total. The highest BCUT2D eigenvalue weighted by atomic mass is 32.1. The van der Waals surface area contributed by atoms with Crippen LogP contribution in [0.15, 0.2) is 10.5 Å².